The van der Waals surface area contributed by atoms with Gasteiger partial charge in [0.15, 0.2) is 6.61 Å². The molecule has 2 rings (SSSR count). The van der Waals surface area contributed by atoms with Crippen molar-refractivity contribution in [3.8, 4) is 5.75 Å². The number of halogens is 2. The quantitative estimate of drug-likeness (QED) is 0.834. The molecule has 0 spiro atoms. The first-order chi connectivity index (χ1) is 11.0. The standard InChI is InChI=1S/C15H12Cl2N2O4/c1-22-12-4-2-9(16)6-11(12)15(21)23-8-14(20)19-13-5-3-10(17)7-18-13/h2-7H,8H2,1H3,(H,18,19,20). The third-order valence-electron chi connectivity index (χ3n) is 2.71. The summed E-state index contributed by atoms with van der Waals surface area (Å²) in [5, 5.41) is 3.27. The molecule has 0 atom stereocenters. The molecule has 0 fully saturated rings. The fourth-order valence-corrected chi connectivity index (χ4v) is 1.96. The van der Waals surface area contributed by atoms with Gasteiger partial charge in [0.1, 0.15) is 17.1 Å². The number of amides is 1. The van der Waals surface area contributed by atoms with Gasteiger partial charge in [-0.2, -0.15) is 0 Å². The third kappa shape index (κ3) is 4.84. The van der Waals surface area contributed by atoms with Gasteiger partial charge < -0.3 is 14.8 Å². The van der Waals surface area contributed by atoms with Crippen molar-refractivity contribution in [2.75, 3.05) is 19.0 Å². The summed E-state index contributed by atoms with van der Waals surface area (Å²) in [6.07, 6.45) is 1.39. The van der Waals surface area contributed by atoms with E-state index < -0.39 is 18.5 Å². The average Bonchev–Trinajstić information content (AvgIpc) is 2.54. The van der Waals surface area contributed by atoms with Gasteiger partial charge in [0.05, 0.1) is 12.1 Å². The number of benzene rings is 1. The lowest BCUT2D eigenvalue weighted by atomic mass is 10.2. The number of pyridine rings is 1. The monoisotopic (exact) mass is 354 g/mol. The van der Waals surface area contributed by atoms with E-state index in [9.17, 15) is 9.59 Å². The van der Waals surface area contributed by atoms with Gasteiger partial charge in [-0.15, -0.1) is 0 Å². The van der Waals surface area contributed by atoms with Crippen LogP contribution in [0, 0.1) is 0 Å². The first-order valence-electron chi connectivity index (χ1n) is 6.41. The van der Waals surface area contributed by atoms with Crippen LogP contribution in [0.25, 0.3) is 0 Å². The number of methoxy groups -OCH3 is 1. The van der Waals surface area contributed by atoms with E-state index in [-0.39, 0.29) is 5.56 Å². The van der Waals surface area contributed by atoms with E-state index in [4.69, 9.17) is 32.7 Å². The number of nitrogens with one attached hydrogen (secondary N) is 1. The molecule has 1 heterocycles. The Labute approximate surface area is 142 Å². The lowest BCUT2D eigenvalue weighted by Crippen LogP contribution is -2.21. The normalized spacial score (nSPS) is 10.0. The van der Waals surface area contributed by atoms with Gasteiger partial charge in [0, 0.05) is 11.2 Å². The number of anilines is 1. The van der Waals surface area contributed by atoms with Gasteiger partial charge in [0.2, 0.25) is 0 Å². The van der Waals surface area contributed by atoms with Crippen LogP contribution < -0.4 is 10.1 Å². The zero-order valence-corrected chi connectivity index (χ0v) is 13.5. The number of aromatic nitrogens is 1. The zero-order valence-electron chi connectivity index (χ0n) is 12.0. The van der Waals surface area contributed by atoms with E-state index in [0.717, 1.165) is 0 Å². The molecule has 0 radical (unpaired) electrons. The zero-order chi connectivity index (χ0) is 16.8. The lowest BCUT2D eigenvalue weighted by Gasteiger charge is -2.09. The second kappa shape index (κ2) is 7.80. The van der Waals surface area contributed by atoms with Gasteiger partial charge in [-0.05, 0) is 30.3 Å². The molecule has 1 aromatic heterocycles. The Bertz CT molecular complexity index is 720. The van der Waals surface area contributed by atoms with E-state index in [0.29, 0.717) is 21.6 Å². The van der Waals surface area contributed by atoms with E-state index >= 15 is 0 Å². The molecule has 0 aliphatic rings. The predicted molar refractivity (Wildman–Crippen MR) is 86.2 cm³/mol. The Hall–Kier alpha value is -2.31. The van der Waals surface area contributed by atoms with Gasteiger partial charge in [-0.25, -0.2) is 9.78 Å². The second-order valence-electron chi connectivity index (χ2n) is 4.33. The van der Waals surface area contributed by atoms with Gasteiger partial charge in [-0.3, -0.25) is 4.79 Å². The van der Waals surface area contributed by atoms with Crippen molar-refractivity contribution in [1.29, 1.82) is 0 Å². The minimum Gasteiger partial charge on any atom is -0.496 e. The number of rotatable bonds is 5. The molecule has 1 amide bonds. The van der Waals surface area contributed by atoms with Crippen molar-refractivity contribution >= 4 is 40.9 Å². The molecule has 2 aromatic rings. The summed E-state index contributed by atoms with van der Waals surface area (Å²) in [5.41, 5.74) is 0.136. The maximum atomic E-state index is 12.0. The lowest BCUT2D eigenvalue weighted by molar-refractivity contribution is -0.119. The number of hydrogen-bond acceptors (Lipinski definition) is 5. The van der Waals surface area contributed by atoms with Crippen LogP contribution in [0.5, 0.6) is 5.75 Å². The minimum absolute atomic E-state index is 0.136. The van der Waals surface area contributed by atoms with Crippen LogP contribution in [-0.2, 0) is 9.53 Å². The summed E-state index contributed by atoms with van der Waals surface area (Å²) < 4.78 is 9.99. The summed E-state index contributed by atoms with van der Waals surface area (Å²) in [6.45, 7) is -0.473. The molecular weight excluding hydrogens is 343 g/mol. The van der Waals surface area contributed by atoms with Gasteiger partial charge in [-0.1, -0.05) is 23.2 Å². The molecule has 23 heavy (non-hydrogen) atoms. The number of carbonyl (C=O) groups excluding carboxylic acids is 2. The van der Waals surface area contributed by atoms with E-state index in [2.05, 4.69) is 10.3 Å². The van der Waals surface area contributed by atoms with Crippen LogP contribution in [-0.4, -0.2) is 30.6 Å². The van der Waals surface area contributed by atoms with Crippen LogP contribution >= 0.6 is 23.2 Å². The number of carbonyl (C=O) groups is 2. The third-order valence-corrected chi connectivity index (χ3v) is 3.17. The second-order valence-corrected chi connectivity index (χ2v) is 5.20. The SMILES string of the molecule is COc1ccc(Cl)cc1C(=O)OCC(=O)Nc1ccc(Cl)cn1. The molecule has 0 unspecified atom stereocenters. The van der Waals surface area contributed by atoms with Crippen LogP contribution in [0.2, 0.25) is 10.0 Å². The van der Waals surface area contributed by atoms with Crippen molar-refractivity contribution < 1.29 is 19.1 Å². The highest BCUT2D eigenvalue weighted by Crippen LogP contribution is 2.23. The molecule has 6 nitrogen and oxygen atoms in total. The molecule has 0 aliphatic heterocycles. The molecule has 1 aromatic carbocycles. The Morgan fingerprint density at radius 3 is 2.57 bits per heavy atom. The number of nitrogens with zero attached hydrogens (tertiary/aromatic N) is 1. The number of esters is 1. The fourth-order valence-electron chi connectivity index (χ4n) is 1.68. The number of ether oxygens (including phenoxy) is 2. The molecule has 0 saturated carbocycles. The Kier molecular flexibility index (Phi) is 5.78. The van der Waals surface area contributed by atoms with Crippen LogP contribution in [0.15, 0.2) is 36.5 Å². The smallest absolute Gasteiger partial charge is 0.342 e. The predicted octanol–water partition coefficient (Wildman–Crippen LogP) is 3.19. The van der Waals surface area contributed by atoms with Gasteiger partial charge in [0.25, 0.3) is 5.91 Å². The van der Waals surface area contributed by atoms with E-state index in [1.54, 1.807) is 12.1 Å². The Morgan fingerprint density at radius 1 is 1.17 bits per heavy atom. The Balaban J connectivity index is 1.95. The molecule has 0 aliphatic carbocycles. The maximum absolute atomic E-state index is 12.0. The highest BCUT2D eigenvalue weighted by molar-refractivity contribution is 6.31. The minimum atomic E-state index is -0.719. The maximum Gasteiger partial charge on any atom is 0.342 e. The van der Waals surface area contributed by atoms with Crippen molar-refractivity contribution in [3.63, 3.8) is 0 Å². The van der Waals surface area contributed by atoms with Crippen LogP contribution in [0.1, 0.15) is 10.4 Å². The summed E-state index contributed by atoms with van der Waals surface area (Å²) in [7, 11) is 1.42. The molecule has 0 saturated heterocycles. The molecule has 8 heteroatoms. The first-order valence-corrected chi connectivity index (χ1v) is 7.17. The highest BCUT2D eigenvalue weighted by Gasteiger charge is 2.16. The van der Waals surface area contributed by atoms with Gasteiger partial charge >= 0.3 is 5.97 Å². The summed E-state index contributed by atoms with van der Waals surface area (Å²) in [5.74, 6) is -0.646. The molecular formula is C15H12Cl2N2O4. The van der Waals surface area contributed by atoms with E-state index in [1.807, 2.05) is 0 Å². The molecule has 1 N–H and O–H groups in total. The molecule has 0 bridgehead atoms. The number of hydrogen-bond donors (Lipinski definition) is 1. The summed E-state index contributed by atoms with van der Waals surface area (Å²) >= 11 is 11.5. The average molecular weight is 355 g/mol. The van der Waals surface area contributed by atoms with Crippen LogP contribution in [0.4, 0.5) is 5.82 Å². The summed E-state index contributed by atoms with van der Waals surface area (Å²) in [4.78, 5) is 27.6. The fraction of sp³-hybridized carbons (Fsp3) is 0.133. The molecule has 120 valence electrons. The summed E-state index contributed by atoms with van der Waals surface area (Å²) in [6, 6.07) is 7.63. The van der Waals surface area contributed by atoms with Crippen molar-refractivity contribution in [1.82, 2.24) is 4.98 Å². The van der Waals surface area contributed by atoms with Crippen molar-refractivity contribution in [3.05, 3.63) is 52.1 Å². The van der Waals surface area contributed by atoms with Crippen molar-refractivity contribution in [2.45, 2.75) is 0 Å². The largest absolute Gasteiger partial charge is 0.496 e. The Morgan fingerprint density at radius 2 is 1.91 bits per heavy atom. The van der Waals surface area contributed by atoms with Crippen molar-refractivity contribution in [2.24, 2.45) is 0 Å². The highest BCUT2D eigenvalue weighted by atomic mass is 35.5. The van der Waals surface area contributed by atoms with E-state index in [1.165, 1.54) is 31.5 Å². The van der Waals surface area contributed by atoms with Crippen LogP contribution in [0.3, 0.4) is 0 Å². The first kappa shape index (κ1) is 17.1. The topological polar surface area (TPSA) is 77.5 Å².